The van der Waals surface area contributed by atoms with Crippen molar-refractivity contribution in [2.75, 3.05) is 20.1 Å². The van der Waals surface area contributed by atoms with Crippen molar-refractivity contribution in [3.63, 3.8) is 0 Å². The van der Waals surface area contributed by atoms with E-state index in [1.165, 1.54) is 23.5 Å². The average Bonchev–Trinajstić information content (AvgIpc) is 2.60. The smallest absolute Gasteiger partial charge is 0.306 e. The van der Waals surface area contributed by atoms with Gasteiger partial charge in [-0.05, 0) is 44.9 Å². The maximum atomic E-state index is 12.6. The van der Waals surface area contributed by atoms with E-state index in [2.05, 4.69) is 0 Å². The largest absolute Gasteiger partial charge is 0.481 e. The average molecular weight is 368 g/mol. The van der Waals surface area contributed by atoms with Crippen LogP contribution in [0.5, 0.6) is 0 Å². The molecule has 0 spiro atoms. The summed E-state index contributed by atoms with van der Waals surface area (Å²) in [6, 6.07) is 5.80. The molecule has 1 N–H and O–H groups in total. The van der Waals surface area contributed by atoms with E-state index in [0.29, 0.717) is 31.5 Å². The molecule has 1 aliphatic rings. The Balaban J connectivity index is 2.19. The number of rotatable bonds is 5. The van der Waals surface area contributed by atoms with E-state index in [1.807, 2.05) is 0 Å². The standard InChI is InChI=1S/C17H24N2O5S/c1-12(2)18(3)25(23,24)15-6-4-5-14(11-15)16(20)19-9-7-13(8-10-19)17(21)22/h4-6,11-13H,7-10H2,1-3H3,(H,21,22). The summed E-state index contributed by atoms with van der Waals surface area (Å²) < 4.78 is 26.4. The van der Waals surface area contributed by atoms with Gasteiger partial charge in [-0.15, -0.1) is 0 Å². The van der Waals surface area contributed by atoms with E-state index in [4.69, 9.17) is 5.11 Å². The fraction of sp³-hybridized carbons (Fsp3) is 0.529. The lowest BCUT2D eigenvalue weighted by Crippen LogP contribution is -2.40. The highest BCUT2D eigenvalue weighted by Gasteiger charge is 2.29. The van der Waals surface area contributed by atoms with Gasteiger partial charge in [-0.2, -0.15) is 4.31 Å². The molecule has 0 aliphatic carbocycles. The lowest BCUT2D eigenvalue weighted by atomic mass is 9.96. The minimum atomic E-state index is -3.66. The lowest BCUT2D eigenvalue weighted by Gasteiger charge is -2.30. The molecular weight excluding hydrogens is 344 g/mol. The number of nitrogens with zero attached hydrogens (tertiary/aromatic N) is 2. The molecule has 2 rings (SSSR count). The molecule has 0 aromatic heterocycles. The molecule has 1 aliphatic heterocycles. The van der Waals surface area contributed by atoms with Crippen LogP contribution in [-0.2, 0) is 14.8 Å². The Morgan fingerprint density at radius 2 is 1.84 bits per heavy atom. The Kier molecular flexibility index (Phi) is 5.84. The van der Waals surface area contributed by atoms with Crippen LogP contribution < -0.4 is 0 Å². The van der Waals surface area contributed by atoms with Crippen molar-refractivity contribution in [2.24, 2.45) is 5.92 Å². The molecule has 1 saturated heterocycles. The van der Waals surface area contributed by atoms with Crippen LogP contribution in [0.4, 0.5) is 0 Å². The predicted octanol–water partition coefficient (Wildman–Crippen LogP) is 1.65. The van der Waals surface area contributed by atoms with Crippen molar-refractivity contribution in [3.05, 3.63) is 29.8 Å². The molecule has 1 amide bonds. The number of hydrogen-bond donors (Lipinski definition) is 1. The Morgan fingerprint density at radius 3 is 2.36 bits per heavy atom. The predicted molar refractivity (Wildman–Crippen MR) is 92.8 cm³/mol. The number of sulfonamides is 1. The third kappa shape index (κ3) is 4.19. The van der Waals surface area contributed by atoms with Crippen molar-refractivity contribution < 1.29 is 23.1 Å². The van der Waals surface area contributed by atoms with Crippen molar-refractivity contribution in [2.45, 2.75) is 37.6 Å². The van der Waals surface area contributed by atoms with Gasteiger partial charge in [0.2, 0.25) is 10.0 Å². The highest BCUT2D eigenvalue weighted by atomic mass is 32.2. The minimum Gasteiger partial charge on any atom is -0.481 e. The highest BCUT2D eigenvalue weighted by molar-refractivity contribution is 7.89. The van der Waals surface area contributed by atoms with Gasteiger partial charge in [0, 0.05) is 31.7 Å². The molecule has 8 heteroatoms. The van der Waals surface area contributed by atoms with Gasteiger partial charge in [0.05, 0.1) is 10.8 Å². The topological polar surface area (TPSA) is 95.0 Å². The minimum absolute atomic E-state index is 0.0787. The molecule has 7 nitrogen and oxygen atoms in total. The molecule has 25 heavy (non-hydrogen) atoms. The molecule has 0 radical (unpaired) electrons. The number of aliphatic carboxylic acids is 1. The van der Waals surface area contributed by atoms with Crippen molar-refractivity contribution in [3.8, 4) is 0 Å². The summed E-state index contributed by atoms with van der Waals surface area (Å²) in [6.07, 6.45) is 0.824. The molecule has 0 unspecified atom stereocenters. The number of amides is 1. The number of hydrogen-bond acceptors (Lipinski definition) is 4. The second-order valence-corrected chi connectivity index (χ2v) is 8.55. The fourth-order valence-electron chi connectivity index (χ4n) is 2.75. The van der Waals surface area contributed by atoms with Gasteiger partial charge < -0.3 is 10.0 Å². The summed E-state index contributed by atoms with van der Waals surface area (Å²) in [4.78, 5) is 25.3. The molecule has 0 bridgehead atoms. The molecule has 1 fully saturated rings. The van der Waals surface area contributed by atoms with Gasteiger partial charge in [-0.3, -0.25) is 9.59 Å². The number of carbonyl (C=O) groups excluding carboxylic acids is 1. The summed E-state index contributed by atoms with van der Waals surface area (Å²) in [5.41, 5.74) is 0.298. The quantitative estimate of drug-likeness (QED) is 0.853. The van der Waals surface area contributed by atoms with Crippen LogP contribution in [0.1, 0.15) is 37.0 Å². The number of carboxylic acid groups (broad SMARTS) is 1. The molecule has 1 heterocycles. The summed E-state index contributed by atoms with van der Waals surface area (Å²) in [5.74, 6) is -1.53. The van der Waals surface area contributed by atoms with Gasteiger partial charge in [-0.1, -0.05) is 6.07 Å². The van der Waals surface area contributed by atoms with E-state index in [-0.39, 0.29) is 16.8 Å². The van der Waals surface area contributed by atoms with E-state index < -0.39 is 21.9 Å². The van der Waals surface area contributed by atoms with Crippen LogP contribution in [0.25, 0.3) is 0 Å². The van der Waals surface area contributed by atoms with Crippen molar-refractivity contribution in [1.29, 1.82) is 0 Å². The highest BCUT2D eigenvalue weighted by Crippen LogP contribution is 2.22. The summed E-state index contributed by atoms with van der Waals surface area (Å²) in [6.45, 7) is 4.27. The maximum Gasteiger partial charge on any atom is 0.306 e. The zero-order valence-corrected chi connectivity index (χ0v) is 15.5. The zero-order chi connectivity index (χ0) is 18.8. The first kappa shape index (κ1) is 19.4. The molecule has 0 saturated carbocycles. The summed E-state index contributed by atoms with van der Waals surface area (Å²) in [7, 11) is -2.15. The van der Waals surface area contributed by atoms with Crippen LogP contribution >= 0.6 is 0 Å². The Labute approximate surface area is 148 Å². The van der Waals surface area contributed by atoms with Crippen LogP contribution in [0.2, 0.25) is 0 Å². The second kappa shape index (κ2) is 7.53. The van der Waals surface area contributed by atoms with Gasteiger partial charge in [0.1, 0.15) is 0 Å². The normalized spacial score (nSPS) is 16.4. The fourth-order valence-corrected chi connectivity index (χ4v) is 4.16. The first-order chi connectivity index (χ1) is 11.6. The Bertz CT molecular complexity index is 752. The van der Waals surface area contributed by atoms with Crippen LogP contribution in [0.15, 0.2) is 29.2 Å². The third-order valence-corrected chi connectivity index (χ3v) is 6.65. The lowest BCUT2D eigenvalue weighted by molar-refractivity contribution is -0.143. The maximum absolute atomic E-state index is 12.6. The zero-order valence-electron chi connectivity index (χ0n) is 14.7. The van der Waals surface area contributed by atoms with E-state index in [9.17, 15) is 18.0 Å². The van der Waals surface area contributed by atoms with Crippen LogP contribution in [0, 0.1) is 5.92 Å². The van der Waals surface area contributed by atoms with E-state index in [0.717, 1.165) is 0 Å². The van der Waals surface area contributed by atoms with Crippen molar-refractivity contribution in [1.82, 2.24) is 9.21 Å². The van der Waals surface area contributed by atoms with Crippen molar-refractivity contribution >= 4 is 21.9 Å². The molecule has 1 aromatic carbocycles. The second-order valence-electron chi connectivity index (χ2n) is 6.55. The number of carbonyl (C=O) groups is 2. The monoisotopic (exact) mass is 368 g/mol. The number of piperidine rings is 1. The molecule has 1 aromatic rings. The first-order valence-electron chi connectivity index (χ1n) is 8.24. The number of carboxylic acids is 1. The first-order valence-corrected chi connectivity index (χ1v) is 9.68. The van der Waals surface area contributed by atoms with Crippen LogP contribution in [0.3, 0.4) is 0 Å². The van der Waals surface area contributed by atoms with Gasteiger partial charge >= 0.3 is 5.97 Å². The van der Waals surface area contributed by atoms with Gasteiger partial charge in [-0.25, -0.2) is 8.42 Å². The Hall–Kier alpha value is -1.93. The SMILES string of the molecule is CC(C)N(C)S(=O)(=O)c1cccc(C(=O)N2CCC(C(=O)O)CC2)c1. The van der Waals surface area contributed by atoms with Gasteiger partial charge in [0.25, 0.3) is 5.91 Å². The number of benzene rings is 1. The Morgan fingerprint density at radius 1 is 1.24 bits per heavy atom. The summed E-state index contributed by atoms with van der Waals surface area (Å²) in [5, 5.41) is 9.03. The van der Waals surface area contributed by atoms with Gasteiger partial charge in [0.15, 0.2) is 0 Å². The van der Waals surface area contributed by atoms with E-state index >= 15 is 0 Å². The molecule has 0 atom stereocenters. The molecule has 138 valence electrons. The molecular formula is C17H24N2O5S. The summed E-state index contributed by atoms with van der Waals surface area (Å²) >= 11 is 0. The third-order valence-electron chi connectivity index (χ3n) is 4.62. The van der Waals surface area contributed by atoms with Crippen LogP contribution in [-0.4, -0.2) is 60.8 Å². The number of likely N-dealkylation sites (tertiary alicyclic amines) is 1. The van der Waals surface area contributed by atoms with E-state index in [1.54, 1.807) is 30.9 Å².